The summed E-state index contributed by atoms with van der Waals surface area (Å²) in [5, 5.41) is 4.90. The van der Waals surface area contributed by atoms with Crippen molar-refractivity contribution in [1.82, 2.24) is 15.0 Å². The number of fused-ring (bicyclic) bond motifs is 4. The molecule has 0 aliphatic rings. The molecule has 8 aromatic rings. The Morgan fingerprint density at radius 1 is 0.476 bits per heavy atom. The average molecular weight is 576 g/mol. The molecule has 5 heteroatoms. The standard InChI is InChI=1S/C37H22ClN3S/c38-37-40-35(26-15-8-14-25(22-26)28-18-9-13-23-12-4-5-16-27(23)28)39-36(41-37)31-21-20-29(24-10-2-1-3-11-24)34-33(31)30-17-6-7-19-32(30)42-34/h1-22H. The van der Waals surface area contributed by atoms with Gasteiger partial charge in [0.05, 0.1) is 0 Å². The molecule has 0 bridgehead atoms. The maximum atomic E-state index is 6.60. The highest BCUT2D eigenvalue weighted by molar-refractivity contribution is 7.26. The van der Waals surface area contributed by atoms with Gasteiger partial charge in [-0.2, -0.15) is 9.97 Å². The van der Waals surface area contributed by atoms with Gasteiger partial charge in [-0.1, -0.05) is 115 Å². The predicted octanol–water partition coefficient (Wildman–Crippen LogP) is 10.7. The molecular formula is C37H22ClN3S. The molecule has 0 radical (unpaired) electrons. The second-order valence-electron chi connectivity index (χ2n) is 10.2. The first-order valence-electron chi connectivity index (χ1n) is 13.7. The number of rotatable bonds is 4. The first kappa shape index (κ1) is 24.9. The summed E-state index contributed by atoms with van der Waals surface area (Å²) in [6, 6.07) is 46.4. The van der Waals surface area contributed by atoms with Gasteiger partial charge in [0.2, 0.25) is 5.28 Å². The zero-order valence-corrected chi connectivity index (χ0v) is 23.9. The highest BCUT2D eigenvalue weighted by atomic mass is 35.5. The second kappa shape index (κ2) is 10.2. The highest BCUT2D eigenvalue weighted by Crippen LogP contribution is 2.44. The minimum Gasteiger partial charge on any atom is -0.208 e. The largest absolute Gasteiger partial charge is 0.226 e. The molecule has 0 unspecified atom stereocenters. The van der Waals surface area contributed by atoms with E-state index in [1.165, 1.54) is 42.2 Å². The van der Waals surface area contributed by atoms with E-state index in [2.05, 4.69) is 125 Å². The van der Waals surface area contributed by atoms with E-state index in [0.717, 1.165) is 22.1 Å². The normalized spacial score (nSPS) is 11.5. The molecule has 8 rings (SSSR count). The van der Waals surface area contributed by atoms with Crippen molar-refractivity contribution in [2.45, 2.75) is 0 Å². The lowest BCUT2D eigenvalue weighted by Crippen LogP contribution is -1.98. The summed E-state index contributed by atoms with van der Waals surface area (Å²) in [7, 11) is 0. The Labute approximate surface area is 251 Å². The van der Waals surface area contributed by atoms with Crippen LogP contribution in [0, 0.1) is 0 Å². The van der Waals surface area contributed by atoms with Gasteiger partial charge in [-0.05, 0) is 62.8 Å². The smallest absolute Gasteiger partial charge is 0.208 e. The van der Waals surface area contributed by atoms with Gasteiger partial charge in [-0.3, -0.25) is 0 Å². The van der Waals surface area contributed by atoms with E-state index < -0.39 is 0 Å². The molecule has 6 aromatic carbocycles. The molecule has 2 aromatic heterocycles. The Morgan fingerprint density at radius 2 is 1.14 bits per heavy atom. The molecule has 0 aliphatic carbocycles. The average Bonchev–Trinajstić information content (AvgIpc) is 3.44. The molecule has 2 heterocycles. The number of hydrogen-bond donors (Lipinski definition) is 0. The maximum Gasteiger partial charge on any atom is 0.226 e. The summed E-state index contributed by atoms with van der Waals surface area (Å²) in [6.45, 7) is 0. The van der Waals surface area contributed by atoms with Crippen molar-refractivity contribution in [3.8, 4) is 45.0 Å². The van der Waals surface area contributed by atoms with Crippen LogP contribution in [0.4, 0.5) is 0 Å². The van der Waals surface area contributed by atoms with E-state index in [1.54, 1.807) is 11.3 Å². The molecule has 0 aliphatic heterocycles. The van der Waals surface area contributed by atoms with Crippen molar-refractivity contribution in [3.63, 3.8) is 0 Å². The number of hydrogen-bond acceptors (Lipinski definition) is 4. The summed E-state index contributed by atoms with van der Waals surface area (Å²) < 4.78 is 2.43. The molecule has 0 saturated carbocycles. The van der Waals surface area contributed by atoms with E-state index in [4.69, 9.17) is 16.6 Å². The predicted molar refractivity (Wildman–Crippen MR) is 177 cm³/mol. The third-order valence-corrected chi connectivity index (χ3v) is 9.05. The third kappa shape index (κ3) is 4.24. The van der Waals surface area contributed by atoms with E-state index >= 15 is 0 Å². The summed E-state index contributed by atoms with van der Waals surface area (Å²) >= 11 is 8.39. The Balaban J connectivity index is 1.31. The van der Waals surface area contributed by atoms with Gasteiger partial charge in [-0.25, -0.2) is 4.98 Å². The minimum atomic E-state index is 0.172. The lowest BCUT2D eigenvalue weighted by atomic mass is 9.97. The van der Waals surface area contributed by atoms with Crippen molar-refractivity contribution in [2.24, 2.45) is 0 Å². The molecule has 198 valence electrons. The van der Waals surface area contributed by atoms with Gasteiger partial charge in [0.25, 0.3) is 0 Å². The van der Waals surface area contributed by atoms with Crippen LogP contribution in [0.1, 0.15) is 0 Å². The van der Waals surface area contributed by atoms with Crippen molar-refractivity contribution in [3.05, 3.63) is 139 Å². The molecule has 0 saturated heterocycles. The lowest BCUT2D eigenvalue weighted by molar-refractivity contribution is 1.07. The number of thiophene rings is 1. The van der Waals surface area contributed by atoms with Crippen molar-refractivity contribution in [1.29, 1.82) is 0 Å². The summed E-state index contributed by atoms with van der Waals surface area (Å²) in [5.74, 6) is 1.11. The fourth-order valence-electron chi connectivity index (χ4n) is 5.76. The monoisotopic (exact) mass is 575 g/mol. The maximum absolute atomic E-state index is 6.60. The minimum absolute atomic E-state index is 0.172. The van der Waals surface area contributed by atoms with E-state index in [0.29, 0.717) is 11.6 Å². The number of halogens is 1. The van der Waals surface area contributed by atoms with Crippen LogP contribution in [0.25, 0.3) is 76.0 Å². The molecule has 3 nitrogen and oxygen atoms in total. The molecule has 0 fully saturated rings. The van der Waals surface area contributed by atoms with Crippen LogP contribution < -0.4 is 0 Å². The zero-order valence-electron chi connectivity index (χ0n) is 22.3. The topological polar surface area (TPSA) is 38.7 Å². The Hall–Kier alpha value is -4.90. The first-order valence-corrected chi connectivity index (χ1v) is 14.9. The summed E-state index contributed by atoms with van der Waals surface area (Å²) in [5.41, 5.74) is 6.47. The first-order chi connectivity index (χ1) is 20.7. The Kier molecular flexibility index (Phi) is 6.03. The number of nitrogens with zero attached hydrogens (tertiary/aromatic N) is 3. The van der Waals surface area contributed by atoms with Gasteiger partial charge < -0.3 is 0 Å². The van der Waals surface area contributed by atoms with Crippen molar-refractivity contribution >= 4 is 53.9 Å². The van der Waals surface area contributed by atoms with Crippen molar-refractivity contribution in [2.75, 3.05) is 0 Å². The van der Waals surface area contributed by atoms with Crippen LogP contribution >= 0.6 is 22.9 Å². The van der Waals surface area contributed by atoms with Gasteiger partial charge >= 0.3 is 0 Å². The second-order valence-corrected chi connectivity index (χ2v) is 11.6. The Bertz CT molecular complexity index is 2270. The molecule has 0 atom stereocenters. The molecule has 0 spiro atoms. The fourth-order valence-corrected chi connectivity index (χ4v) is 7.19. The van der Waals surface area contributed by atoms with E-state index in [-0.39, 0.29) is 5.28 Å². The summed E-state index contributed by atoms with van der Waals surface area (Å²) in [6.07, 6.45) is 0. The van der Waals surface area contributed by atoms with Crippen molar-refractivity contribution < 1.29 is 0 Å². The molecular weight excluding hydrogens is 554 g/mol. The van der Waals surface area contributed by atoms with Crippen LogP contribution in [0.2, 0.25) is 5.28 Å². The highest BCUT2D eigenvalue weighted by Gasteiger charge is 2.19. The van der Waals surface area contributed by atoms with Gasteiger partial charge in [0, 0.05) is 31.3 Å². The molecule has 0 amide bonds. The SMILES string of the molecule is Clc1nc(-c2cccc(-c3cccc4ccccc34)c2)nc(-c2ccc(-c3ccccc3)c3sc4ccccc4c23)n1. The molecule has 42 heavy (non-hydrogen) atoms. The van der Waals surface area contributed by atoms with Crippen LogP contribution in [0.15, 0.2) is 133 Å². The third-order valence-electron chi connectivity index (χ3n) is 7.68. The Morgan fingerprint density at radius 3 is 2.05 bits per heavy atom. The number of aromatic nitrogens is 3. The van der Waals surface area contributed by atoms with Crippen LogP contribution in [-0.4, -0.2) is 15.0 Å². The quantitative estimate of drug-likeness (QED) is 0.209. The van der Waals surface area contributed by atoms with E-state index in [1.807, 2.05) is 18.2 Å². The van der Waals surface area contributed by atoms with Crippen LogP contribution in [0.5, 0.6) is 0 Å². The fraction of sp³-hybridized carbons (Fsp3) is 0. The van der Waals surface area contributed by atoms with Gasteiger partial charge in [0.15, 0.2) is 11.6 Å². The number of benzene rings is 6. The molecule has 0 N–H and O–H groups in total. The van der Waals surface area contributed by atoms with Crippen LogP contribution in [0.3, 0.4) is 0 Å². The van der Waals surface area contributed by atoms with Gasteiger partial charge in [0.1, 0.15) is 0 Å². The van der Waals surface area contributed by atoms with Crippen LogP contribution in [-0.2, 0) is 0 Å². The zero-order chi connectivity index (χ0) is 28.0. The van der Waals surface area contributed by atoms with E-state index in [9.17, 15) is 0 Å². The summed E-state index contributed by atoms with van der Waals surface area (Å²) in [4.78, 5) is 14.2. The van der Waals surface area contributed by atoms with Gasteiger partial charge in [-0.15, -0.1) is 11.3 Å². The lowest BCUT2D eigenvalue weighted by Gasteiger charge is -2.11.